The van der Waals surface area contributed by atoms with E-state index in [1.165, 1.54) is 11.0 Å². The quantitative estimate of drug-likeness (QED) is 0.0217. The molecule has 0 saturated carbocycles. The number of amides is 4. The van der Waals surface area contributed by atoms with Crippen LogP contribution >= 0.6 is 0 Å². The lowest BCUT2D eigenvalue weighted by atomic mass is 10.3. The molecule has 0 aromatic rings. The summed E-state index contributed by atoms with van der Waals surface area (Å²) in [4.78, 5) is 119. The van der Waals surface area contributed by atoms with Crippen molar-refractivity contribution in [1.82, 2.24) is 16.0 Å². The van der Waals surface area contributed by atoms with Crippen LogP contribution in [0.1, 0.15) is 84.5 Å². The second-order valence-electron chi connectivity index (χ2n) is 8.36. The maximum absolute atomic E-state index is 10.2. The molecule has 24 N–H and O–H groups in total. The summed E-state index contributed by atoms with van der Waals surface area (Å²) in [6, 6.07) is 0. The van der Waals surface area contributed by atoms with E-state index >= 15 is 0 Å². The summed E-state index contributed by atoms with van der Waals surface area (Å²) in [5.41, 5.74) is 2.61. The molecule has 0 unspecified atom stereocenters. The number of carbonyl (C=O) groups excluding carboxylic acids is 7. The van der Waals surface area contributed by atoms with Crippen LogP contribution in [0.5, 0.6) is 0 Å². The highest BCUT2D eigenvalue weighted by atomic mass is 16.6. The number of nitrogens with zero attached hydrogens (tertiary/aromatic N) is 1. The SMILES string of the molecule is C.NO.NO.O=C(O)CCC(=O)NO.O=C(O)CCC(=O)O.O=C(O)CCC(=O)O.O=C([O-])CCC(=O)NO.O=C1CCC(=O)N1O.O=C1CCC(=O)O1.[OH-].[OH-].[OH3+].[OH3+]. The fraction of sp³-hybridized carbons (Fsp3) is 0.520. The van der Waals surface area contributed by atoms with Crippen molar-refractivity contribution in [3.63, 3.8) is 0 Å². The zero-order chi connectivity index (χ0) is 43.1. The number of cyclic esters (lactones) is 2. The van der Waals surface area contributed by atoms with Gasteiger partial charge in [0.2, 0.25) is 11.8 Å². The largest absolute Gasteiger partial charge is 0.870 e. The fourth-order valence-corrected chi connectivity index (χ4v) is 1.97. The van der Waals surface area contributed by atoms with E-state index in [0.29, 0.717) is 0 Å². The predicted octanol–water partition coefficient (Wildman–Crippen LogP) is -6.27. The van der Waals surface area contributed by atoms with E-state index in [-0.39, 0.29) is 111 Å². The number of hydrogen-bond donors (Lipinski definition) is 14. The number of esters is 2. The molecule has 2 rings (SSSR count). The molecule has 33 nitrogen and oxygen atoms in total. The third-order valence-corrected chi connectivity index (χ3v) is 4.26. The van der Waals surface area contributed by atoms with Crippen LogP contribution in [0.25, 0.3) is 0 Å². The average molecular weight is 871 g/mol. The summed E-state index contributed by atoms with van der Waals surface area (Å²) in [5, 5.41) is 86.5. The molecule has 0 radical (unpaired) electrons. The lowest BCUT2D eigenvalue weighted by Gasteiger charge is -1.98. The van der Waals surface area contributed by atoms with Gasteiger partial charge in [-0.2, -0.15) is 5.06 Å². The van der Waals surface area contributed by atoms with Gasteiger partial charge in [0.05, 0.1) is 44.9 Å². The van der Waals surface area contributed by atoms with Crippen molar-refractivity contribution < 1.29 is 141 Å². The zero-order valence-electron chi connectivity index (χ0n) is 29.3. The van der Waals surface area contributed by atoms with Crippen molar-refractivity contribution in [2.24, 2.45) is 11.8 Å². The van der Waals surface area contributed by atoms with E-state index in [1.54, 1.807) is 0 Å². The van der Waals surface area contributed by atoms with Crippen LogP contribution in [0.4, 0.5) is 0 Å². The molecule has 2 aliphatic rings. The standard InChI is InChI=1S/2C4H7NO4.C4H5NO3.2C4H6O4.C4H4O3.CH4.2H3NO.4H2O/c2*6-3(5-9)1-2-4(7)8;6-3-1-2-4(7)5(3)8;2*5-3(6)1-2-4(7)8;5-3-1-2-4(6)7-3;;2*1-2;;;;/h2*9H,1-2H2,(H,5,6)(H,7,8);8H,1-2H2;2*1-2H2,(H,5,6)(H,7,8);1-2H2;1H4;2*2H,1H2;4*1H2/p-1. The molecule has 2 heterocycles. The Labute approximate surface area is 325 Å². The second kappa shape index (κ2) is 54.9. The molecular weight excluding hydrogens is 818 g/mol. The van der Waals surface area contributed by atoms with E-state index in [1.807, 2.05) is 0 Å². The molecule has 346 valence electrons. The van der Waals surface area contributed by atoms with Crippen molar-refractivity contribution in [2.45, 2.75) is 84.5 Å². The van der Waals surface area contributed by atoms with E-state index in [9.17, 15) is 62.6 Å². The molecule has 0 aliphatic carbocycles. The van der Waals surface area contributed by atoms with Crippen LogP contribution in [-0.2, 0) is 73.2 Å². The van der Waals surface area contributed by atoms with Gasteiger partial charge < -0.3 is 72.5 Å². The Hall–Kier alpha value is -6.40. The number of nitrogens with two attached hydrogens (primary N) is 2. The number of hydroxylamine groups is 4. The Balaban J connectivity index is -0.0000000491. The van der Waals surface area contributed by atoms with E-state index in [0.717, 1.165) is 0 Å². The number of carbonyl (C=O) groups is 12. The van der Waals surface area contributed by atoms with Gasteiger partial charge in [0.25, 0.3) is 11.8 Å². The third kappa shape index (κ3) is 74.7. The summed E-state index contributed by atoms with van der Waals surface area (Å²) < 4.78 is 4.08. The molecule has 0 bridgehead atoms. The van der Waals surface area contributed by atoms with E-state index in [4.69, 9.17) is 51.6 Å². The predicted molar refractivity (Wildman–Crippen MR) is 175 cm³/mol. The van der Waals surface area contributed by atoms with Crippen molar-refractivity contribution in [1.29, 1.82) is 0 Å². The average Bonchev–Trinajstić information content (AvgIpc) is 3.64. The number of imide groups is 1. The first kappa shape index (κ1) is 80.1. The monoisotopic (exact) mass is 870 g/mol. The molecule has 2 aliphatic heterocycles. The number of rotatable bonds is 12. The summed E-state index contributed by atoms with van der Waals surface area (Å²) >= 11 is 0. The van der Waals surface area contributed by atoms with Gasteiger partial charge in [-0.05, 0) is 6.42 Å². The van der Waals surface area contributed by atoms with Crippen LogP contribution < -0.4 is 27.9 Å². The minimum atomic E-state index is -1.31. The molecule has 2 fully saturated rings. The highest BCUT2D eigenvalue weighted by Crippen LogP contribution is 2.07. The Morgan fingerprint density at radius 1 is 0.534 bits per heavy atom. The number of aliphatic carboxylic acids is 6. The van der Waals surface area contributed by atoms with Gasteiger partial charge in [-0.1, -0.05) is 7.43 Å². The van der Waals surface area contributed by atoms with Gasteiger partial charge in [0.15, 0.2) is 0 Å². The van der Waals surface area contributed by atoms with Gasteiger partial charge in [0.1, 0.15) is 0 Å². The van der Waals surface area contributed by atoms with Crippen molar-refractivity contribution in [2.75, 3.05) is 0 Å². The van der Waals surface area contributed by atoms with E-state index in [2.05, 4.69) is 16.5 Å². The number of ether oxygens (including phenoxy) is 1. The topological polar surface area (TPSA) is 645 Å². The number of carboxylic acids is 6. The van der Waals surface area contributed by atoms with Crippen LogP contribution in [-0.4, -0.2) is 139 Å². The Kier molecular flexibility index (Phi) is 75.9. The first-order valence-corrected chi connectivity index (χ1v) is 13.5. The number of nitrogens with one attached hydrogen (secondary N) is 2. The lowest BCUT2D eigenvalue weighted by molar-refractivity contribution is -0.305. The normalized spacial score (nSPS) is 10.4. The maximum atomic E-state index is 10.2. The number of hydrogen-bond acceptors (Lipinski definition) is 23. The molecule has 2 saturated heterocycles. The van der Waals surface area contributed by atoms with Gasteiger partial charge in [-0.15, -0.1) is 0 Å². The highest BCUT2D eigenvalue weighted by molar-refractivity contribution is 6.00. The Morgan fingerprint density at radius 3 is 0.897 bits per heavy atom. The fourth-order valence-electron chi connectivity index (χ4n) is 1.97. The molecule has 0 spiro atoms. The summed E-state index contributed by atoms with van der Waals surface area (Å²) in [6.07, 6.45) is -1.43. The van der Waals surface area contributed by atoms with Crippen LogP contribution in [0.15, 0.2) is 0 Å². The highest BCUT2D eigenvalue weighted by Gasteiger charge is 2.26. The Bertz CT molecular complexity index is 1080. The zero-order valence-corrected chi connectivity index (χ0v) is 29.3. The minimum absolute atomic E-state index is 0. The second-order valence-corrected chi connectivity index (χ2v) is 8.36. The first-order chi connectivity index (χ1) is 24.6. The molecule has 0 aromatic carbocycles. The smallest absolute Gasteiger partial charge is 0.314 e. The van der Waals surface area contributed by atoms with Gasteiger partial charge in [0, 0.05) is 31.7 Å². The molecule has 4 amide bonds. The first-order valence-electron chi connectivity index (χ1n) is 13.5. The summed E-state index contributed by atoms with van der Waals surface area (Å²) in [6.45, 7) is 0. The van der Waals surface area contributed by atoms with Crippen LogP contribution in [0.2, 0.25) is 0 Å². The molecule has 0 atom stereocenters. The lowest BCUT2D eigenvalue weighted by Crippen LogP contribution is -2.26. The van der Waals surface area contributed by atoms with Gasteiger partial charge in [-0.25, -0.2) is 22.8 Å². The maximum Gasteiger partial charge on any atom is 0.314 e. The van der Waals surface area contributed by atoms with Crippen LogP contribution in [0.3, 0.4) is 0 Å². The molecular formula is C25H52N5O28-. The van der Waals surface area contributed by atoms with Gasteiger partial charge in [-0.3, -0.25) is 68.4 Å². The van der Waals surface area contributed by atoms with Crippen molar-refractivity contribution in [3.8, 4) is 0 Å². The molecule has 58 heavy (non-hydrogen) atoms. The van der Waals surface area contributed by atoms with Crippen LogP contribution in [0, 0.1) is 0 Å². The summed E-state index contributed by atoms with van der Waals surface area (Å²) in [7, 11) is 0. The minimum Gasteiger partial charge on any atom is -0.870 e. The number of carboxylic acid groups (broad SMARTS) is 6. The van der Waals surface area contributed by atoms with Crippen molar-refractivity contribution in [3.05, 3.63) is 0 Å². The summed E-state index contributed by atoms with van der Waals surface area (Å²) in [5.74, 6) is -2.88. The third-order valence-electron chi connectivity index (χ3n) is 4.26. The Morgan fingerprint density at radius 2 is 0.759 bits per heavy atom. The van der Waals surface area contributed by atoms with E-state index < -0.39 is 71.4 Å². The molecule has 33 heteroatoms. The van der Waals surface area contributed by atoms with Gasteiger partial charge >= 0.3 is 41.8 Å². The molecule has 0 aromatic heterocycles. The van der Waals surface area contributed by atoms with Crippen molar-refractivity contribution >= 4 is 71.4 Å².